The number of fused-ring (bicyclic) bond motifs is 5. The number of rotatable bonds is 3. The van der Waals surface area contributed by atoms with Crippen LogP contribution >= 0.6 is 0 Å². The molecule has 2 aromatic carbocycles. The van der Waals surface area contributed by atoms with Crippen molar-refractivity contribution in [2.45, 2.75) is 96.4 Å². The molecular formula is C30H41NO2S. The maximum absolute atomic E-state index is 13.3. The van der Waals surface area contributed by atoms with Crippen molar-refractivity contribution in [3.05, 3.63) is 64.7 Å². The molecule has 0 aromatic heterocycles. The highest BCUT2D eigenvalue weighted by molar-refractivity contribution is 7.89. The van der Waals surface area contributed by atoms with Gasteiger partial charge in [0.15, 0.2) is 0 Å². The summed E-state index contributed by atoms with van der Waals surface area (Å²) in [6.45, 7) is 14.0. The number of hydrogen-bond acceptors (Lipinski definition) is 2. The summed E-state index contributed by atoms with van der Waals surface area (Å²) >= 11 is 0. The van der Waals surface area contributed by atoms with E-state index in [1.54, 1.807) is 23.3 Å². The van der Waals surface area contributed by atoms with Crippen molar-refractivity contribution in [2.75, 3.05) is 0 Å². The third-order valence-electron chi connectivity index (χ3n) is 10.4. The average molecular weight is 480 g/mol. The minimum Gasteiger partial charge on any atom is -0.208 e. The summed E-state index contributed by atoms with van der Waals surface area (Å²) in [5.74, 6) is 1.14. The standard InChI is InChI=1S/C30H41NO2S/c1-20-10-12-22(13-11-20)34(32,33)31-27-17-19-30(6)25(28(27,3)4)16-18-29(5)24-9-7-8-21(2)23(24)14-15-26(29)30/h7-13,25-27,31H,14-19H2,1-6H3/t25-,26-,27-,29-,30-/m1/s1. The van der Waals surface area contributed by atoms with Gasteiger partial charge >= 0.3 is 0 Å². The van der Waals surface area contributed by atoms with Crippen LogP contribution in [0.15, 0.2) is 47.4 Å². The van der Waals surface area contributed by atoms with E-state index >= 15 is 0 Å². The molecule has 3 aliphatic rings. The molecule has 0 saturated heterocycles. The van der Waals surface area contributed by atoms with Crippen molar-refractivity contribution in [1.29, 1.82) is 0 Å². The zero-order valence-corrected chi connectivity index (χ0v) is 22.6. The maximum Gasteiger partial charge on any atom is 0.240 e. The monoisotopic (exact) mass is 479 g/mol. The van der Waals surface area contributed by atoms with Crippen LogP contribution in [0.2, 0.25) is 0 Å². The largest absolute Gasteiger partial charge is 0.240 e. The normalized spacial score (nSPS) is 34.6. The third kappa shape index (κ3) is 3.51. The van der Waals surface area contributed by atoms with Crippen molar-refractivity contribution in [2.24, 2.45) is 22.7 Å². The highest BCUT2D eigenvalue weighted by Gasteiger charge is 2.61. The topological polar surface area (TPSA) is 46.2 Å². The number of benzene rings is 2. The fourth-order valence-corrected chi connectivity index (χ4v) is 10.00. The van der Waals surface area contributed by atoms with Crippen molar-refractivity contribution in [3.8, 4) is 0 Å². The zero-order valence-electron chi connectivity index (χ0n) is 21.7. The van der Waals surface area contributed by atoms with Crippen molar-refractivity contribution >= 4 is 10.0 Å². The first kappa shape index (κ1) is 24.1. The van der Waals surface area contributed by atoms with Crippen LogP contribution in [0.1, 0.15) is 82.1 Å². The van der Waals surface area contributed by atoms with Gasteiger partial charge in [-0.3, -0.25) is 0 Å². The van der Waals surface area contributed by atoms with Crippen molar-refractivity contribution in [3.63, 3.8) is 0 Å². The molecule has 2 aromatic rings. The number of aryl methyl sites for hydroxylation is 2. The van der Waals surface area contributed by atoms with E-state index in [0.717, 1.165) is 24.8 Å². The third-order valence-corrected chi connectivity index (χ3v) is 11.9. The first-order valence-electron chi connectivity index (χ1n) is 13.1. The summed E-state index contributed by atoms with van der Waals surface area (Å²) in [6.07, 6.45) is 6.76. The van der Waals surface area contributed by atoms with Gasteiger partial charge in [0.05, 0.1) is 4.90 Å². The van der Waals surface area contributed by atoms with Gasteiger partial charge in [0.1, 0.15) is 0 Å². The summed E-state index contributed by atoms with van der Waals surface area (Å²) in [6, 6.07) is 14.1. The Morgan fingerprint density at radius 2 is 1.56 bits per heavy atom. The van der Waals surface area contributed by atoms with Gasteiger partial charge in [0, 0.05) is 6.04 Å². The summed E-state index contributed by atoms with van der Waals surface area (Å²) in [5, 5.41) is 0. The van der Waals surface area contributed by atoms with E-state index in [-0.39, 0.29) is 22.3 Å². The lowest BCUT2D eigenvalue weighted by atomic mass is 9.40. The molecule has 1 N–H and O–H groups in total. The van der Waals surface area contributed by atoms with E-state index in [2.05, 4.69) is 57.5 Å². The molecule has 0 aliphatic heterocycles. The second-order valence-corrected chi connectivity index (χ2v) is 14.3. The SMILES string of the molecule is Cc1ccc(S(=O)(=O)N[C@@H]2CC[C@]3(C)[C@H](CC[C@]4(C)c5cccc(C)c5CC[C@@H]34)C2(C)C)cc1. The van der Waals surface area contributed by atoms with Gasteiger partial charge < -0.3 is 0 Å². The Hall–Kier alpha value is -1.65. The minimum atomic E-state index is -3.54. The van der Waals surface area contributed by atoms with Crippen molar-refractivity contribution in [1.82, 2.24) is 4.72 Å². The van der Waals surface area contributed by atoms with Gasteiger partial charge in [0.2, 0.25) is 10.0 Å². The lowest BCUT2D eigenvalue weighted by Gasteiger charge is -2.65. The van der Waals surface area contributed by atoms with Gasteiger partial charge in [-0.1, -0.05) is 63.6 Å². The molecule has 0 amide bonds. The van der Waals surface area contributed by atoms with Crippen LogP contribution in [-0.4, -0.2) is 14.5 Å². The molecule has 34 heavy (non-hydrogen) atoms. The van der Waals surface area contributed by atoms with Gasteiger partial charge in [-0.25, -0.2) is 13.1 Å². The Labute approximate surface area is 206 Å². The van der Waals surface area contributed by atoms with Gasteiger partial charge in [-0.2, -0.15) is 0 Å². The molecule has 5 rings (SSSR count). The Morgan fingerprint density at radius 1 is 0.853 bits per heavy atom. The van der Waals surface area contributed by atoms with Crippen LogP contribution in [0, 0.1) is 36.5 Å². The lowest BCUT2D eigenvalue weighted by molar-refractivity contribution is -0.120. The number of sulfonamides is 1. The van der Waals surface area contributed by atoms with Crippen LogP contribution in [0.3, 0.4) is 0 Å². The van der Waals surface area contributed by atoms with E-state index in [4.69, 9.17) is 0 Å². The van der Waals surface area contributed by atoms with Crippen LogP contribution in [0.4, 0.5) is 0 Å². The Balaban J connectivity index is 1.45. The fraction of sp³-hybridized carbons (Fsp3) is 0.600. The molecule has 4 heteroatoms. The fourth-order valence-electron chi connectivity index (χ4n) is 8.57. The summed E-state index contributed by atoms with van der Waals surface area (Å²) in [7, 11) is -3.54. The molecule has 2 fully saturated rings. The van der Waals surface area contributed by atoms with Crippen LogP contribution in [0.25, 0.3) is 0 Å². The summed E-state index contributed by atoms with van der Waals surface area (Å²) in [5.41, 5.74) is 6.03. The predicted octanol–water partition coefficient (Wildman–Crippen LogP) is 6.71. The molecule has 3 nitrogen and oxygen atoms in total. The molecule has 184 valence electrons. The smallest absolute Gasteiger partial charge is 0.208 e. The Bertz CT molecular complexity index is 1200. The molecule has 3 aliphatic carbocycles. The van der Waals surface area contributed by atoms with Gasteiger partial charge in [-0.15, -0.1) is 0 Å². The van der Waals surface area contributed by atoms with Gasteiger partial charge in [0.25, 0.3) is 0 Å². The van der Waals surface area contributed by atoms with E-state index in [1.807, 2.05) is 19.1 Å². The second kappa shape index (κ2) is 7.93. The minimum absolute atomic E-state index is 0.0423. The second-order valence-electron chi connectivity index (χ2n) is 12.6. The average Bonchev–Trinajstić information content (AvgIpc) is 2.76. The van der Waals surface area contributed by atoms with E-state index in [0.29, 0.717) is 16.7 Å². The maximum atomic E-state index is 13.3. The zero-order chi connectivity index (χ0) is 24.5. The summed E-state index contributed by atoms with van der Waals surface area (Å²) in [4.78, 5) is 0.373. The van der Waals surface area contributed by atoms with E-state index in [9.17, 15) is 8.42 Å². The highest BCUT2D eigenvalue weighted by atomic mass is 32.2. The molecule has 0 spiro atoms. The molecule has 0 bridgehead atoms. The van der Waals surface area contributed by atoms with Crippen LogP contribution in [0.5, 0.6) is 0 Å². The summed E-state index contributed by atoms with van der Waals surface area (Å²) < 4.78 is 29.7. The first-order valence-corrected chi connectivity index (χ1v) is 14.6. The Morgan fingerprint density at radius 3 is 2.26 bits per heavy atom. The quantitative estimate of drug-likeness (QED) is 0.532. The van der Waals surface area contributed by atoms with Crippen molar-refractivity contribution < 1.29 is 8.42 Å². The molecule has 2 saturated carbocycles. The van der Waals surface area contributed by atoms with E-state index in [1.165, 1.54) is 24.8 Å². The Kier molecular flexibility index (Phi) is 5.61. The first-order chi connectivity index (χ1) is 15.9. The molecule has 0 heterocycles. The van der Waals surface area contributed by atoms with Gasteiger partial charge in [-0.05, 0) is 109 Å². The van der Waals surface area contributed by atoms with Crippen LogP contribution < -0.4 is 4.72 Å². The number of hydrogen-bond donors (Lipinski definition) is 1. The molecule has 0 unspecified atom stereocenters. The highest BCUT2D eigenvalue weighted by Crippen LogP contribution is 2.67. The van der Waals surface area contributed by atoms with Crippen LogP contribution in [-0.2, 0) is 21.9 Å². The lowest BCUT2D eigenvalue weighted by Crippen LogP contribution is -2.63. The molecule has 0 radical (unpaired) electrons. The number of nitrogens with one attached hydrogen (secondary N) is 1. The van der Waals surface area contributed by atoms with E-state index < -0.39 is 10.0 Å². The molecule has 5 atom stereocenters. The predicted molar refractivity (Wildman–Crippen MR) is 139 cm³/mol. The molecular weight excluding hydrogens is 438 g/mol.